The average Bonchev–Trinajstić information content (AvgIpc) is 2.62. The molecule has 0 aromatic heterocycles. The van der Waals surface area contributed by atoms with Gasteiger partial charge in [-0.1, -0.05) is 11.6 Å². The van der Waals surface area contributed by atoms with Crippen LogP contribution in [0.3, 0.4) is 0 Å². The Labute approximate surface area is 66.9 Å². The smallest absolute Gasteiger partial charge is 0.124 e. The highest BCUT2D eigenvalue weighted by Crippen LogP contribution is 2.49. The minimum atomic E-state index is -0.322. The summed E-state index contributed by atoms with van der Waals surface area (Å²) in [7, 11) is 0. The summed E-state index contributed by atoms with van der Waals surface area (Å²) in [5.74, 6) is 0. The van der Waals surface area contributed by atoms with Gasteiger partial charge >= 0.3 is 0 Å². The van der Waals surface area contributed by atoms with Crippen LogP contribution in [-0.4, -0.2) is 22.9 Å². The standard InChI is InChI=1S/C9H14O2/c1-6-3-4-9(7(2)10)8(5-6)11-9/h3,7-8,10H,4-5H2,1-2H3. The Morgan fingerprint density at radius 3 is 3.09 bits per heavy atom. The summed E-state index contributed by atoms with van der Waals surface area (Å²) in [5.41, 5.74) is 1.20. The van der Waals surface area contributed by atoms with E-state index in [-0.39, 0.29) is 11.7 Å². The summed E-state index contributed by atoms with van der Waals surface area (Å²) in [6, 6.07) is 0. The van der Waals surface area contributed by atoms with E-state index in [1.165, 1.54) is 5.57 Å². The summed E-state index contributed by atoms with van der Waals surface area (Å²) in [6.45, 7) is 3.93. The third-order valence-corrected chi connectivity index (χ3v) is 2.83. The van der Waals surface area contributed by atoms with E-state index in [4.69, 9.17) is 4.74 Å². The van der Waals surface area contributed by atoms with E-state index in [1.54, 1.807) is 0 Å². The predicted molar refractivity (Wildman–Crippen MR) is 42.3 cm³/mol. The van der Waals surface area contributed by atoms with Crippen molar-refractivity contribution in [3.63, 3.8) is 0 Å². The van der Waals surface area contributed by atoms with Gasteiger partial charge in [-0.25, -0.2) is 0 Å². The van der Waals surface area contributed by atoms with Crippen molar-refractivity contribution in [1.82, 2.24) is 0 Å². The lowest BCUT2D eigenvalue weighted by molar-refractivity contribution is 0.0911. The number of rotatable bonds is 1. The van der Waals surface area contributed by atoms with Crippen LogP contribution in [0.5, 0.6) is 0 Å². The van der Waals surface area contributed by atoms with Crippen molar-refractivity contribution >= 4 is 0 Å². The molecule has 2 rings (SSSR count). The van der Waals surface area contributed by atoms with Crippen LogP contribution in [0.25, 0.3) is 0 Å². The van der Waals surface area contributed by atoms with E-state index in [2.05, 4.69) is 13.0 Å². The third-order valence-electron chi connectivity index (χ3n) is 2.83. The van der Waals surface area contributed by atoms with Gasteiger partial charge in [0.05, 0.1) is 12.2 Å². The lowest BCUT2D eigenvalue weighted by Gasteiger charge is -2.17. The highest BCUT2D eigenvalue weighted by atomic mass is 16.6. The summed E-state index contributed by atoms with van der Waals surface area (Å²) in [4.78, 5) is 0. The molecule has 1 fully saturated rings. The van der Waals surface area contributed by atoms with Gasteiger partial charge in [0.2, 0.25) is 0 Å². The molecular formula is C9H14O2. The van der Waals surface area contributed by atoms with Gasteiger partial charge in [0, 0.05) is 0 Å². The van der Waals surface area contributed by atoms with E-state index >= 15 is 0 Å². The molecule has 3 atom stereocenters. The van der Waals surface area contributed by atoms with Crippen LogP contribution in [-0.2, 0) is 4.74 Å². The number of aliphatic hydroxyl groups is 1. The third kappa shape index (κ3) is 0.932. The Balaban J connectivity index is 2.13. The molecule has 1 aliphatic heterocycles. The molecule has 1 saturated heterocycles. The van der Waals surface area contributed by atoms with Crippen LogP contribution in [0.15, 0.2) is 11.6 Å². The summed E-state index contributed by atoms with van der Waals surface area (Å²) >= 11 is 0. The Bertz CT molecular complexity index is 208. The number of aliphatic hydroxyl groups excluding tert-OH is 1. The van der Waals surface area contributed by atoms with Crippen molar-refractivity contribution in [2.75, 3.05) is 0 Å². The molecule has 1 aliphatic carbocycles. The maximum Gasteiger partial charge on any atom is 0.124 e. The van der Waals surface area contributed by atoms with Gasteiger partial charge in [-0.2, -0.15) is 0 Å². The summed E-state index contributed by atoms with van der Waals surface area (Å²) in [6.07, 6.45) is 4.05. The number of epoxide rings is 1. The summed E-state index contributed by atoms with van der Waals surface area (Å²) < 4.78 is 5.50. The largest absolute Gasteiger partial charge is 0.390 e. The van der Waals surface area contributed by atoms with Gasteiger partial charge in [0.15, 0.2) is 0 Å². The molecule has 1 N–H and O–H groups in total. The van der Waals surface area contributed by atoms with Gasteiger partial charge < -0.3 is 9.84 Å². The molecule has 0 bridgehead atoms. The quantitative estimate of drug-likeness (QED) is 0.455. The summed E-state index contributed by atoms with van der Waals surface area (Å²) in [5, 5.41) is 9.41. The predicted octanol–water partition coefficient (Wildman–Crippen LogP) is 1.24. The Kier molecular flexibility index (Phi) is 1.38. The second kappa shape index (κ2) is 2.08. The van der Waals surface area contributed by atoms with E-state index in [0.29, 0.717) is 6.10 Å². The first-order valence-electron chi connectivity index (χ1n) is 4.17. The molecule has 11 heavy (non-hydrogen) atoms. The highest BCUT2D eigenvalue weighted by Gasteiger charge is 2.59. The zero-order chi connectivity index (χ0) is 8.06. The first-order chi connectivity index (χ1) is 5.15. The molecule has 1 heterocycles. The lowest BCUT2D eigenvalue weighted by atomic mass is 9.87. The van der Waals surface area contributed by atoms with Gasteiger partial charge in [0.25, 0.3) is 0 Å². The molecule has 0 spiro atoms. The van der Waals surface area contributed by atoms with E-state index in [0.717, 1.165) is 12.8 Å². The van der Waals surface area contributed by atoms with Gasteiger partial charge in [0.1, 0.15) is 5.60 Å². The topological polar surface area (TPSA) is 32.8 Å². The molecule has 0 saturated carbocycles. The highest BCUT2D eigenvalue weighted by molar-refractivity contribution is 5.21. The molecule has 3 unspecified atom stereocenters. The molecule has 62 valence electrons. The van der Waals surface area contributed by atoms with Crippen LogP contribution >= 0.6 is 0 Å². The maximum atomic E-state index is 9.41. The molecule has 2 aliphatic rings. The van der Waals surface area contributed by atoms with E-state index in [9.17, 15) is 5.11 Å². The monoisotopic (exact) mass is 154 g/mol. The van der Waals surface area contributed by atoms with Crippen LogP contribution in [0.1, 0.15) is 26.7 Å². The first-order valence-corrected chi connectivity index (χ1v) is 4.17. The number of fused-ring (bicyclic) bond motifs is 1. The second-order valence-electron chi connectivity index (χ2n) is 3.70. The minimum absolute atomic E-state index is 0.195. The van der Waals surface area contributed by atoms with Gasteiger partial charge in [-0.3, -0.25) is 0 Å². The number of ether oxygens (including phenoxy) is 1. The Hall–Kier alpha value is -0.340. The molecule has 0 amide bonds. The molecule has 0 aromatic carbocycles. The van der Waals surface area contributed by atoms with Crippen molar-refractivity contribution in [2.45, 2.75) is 44.5 Å². The number of hydrogen-bond acceptors (Lipinski definition) is 2. The van der Waals surface area contributed by atoms with Crippen LogP contribution in [0.2, 0.25) is 0 Å². The van der Waals surface area contributed by atoms with Gasteiger partial charge in [-0.05, 0) is 26.7 Å². The maximum absolute atomic E-state index is 9.41. The average molecular weight is 154 g/mol. The fourth-order valence-corrected chi connectivity index (χ4v) is 1.87. The fraction of sp³-hybridized carbons (Fsp3) is 0.778. The van der Waals surface area contributed by atoms with E-state index < -0.39 is 0 Å². The lowest BCUT2D eigenvalue weighted by Crippen LogP contribution is -2.30. The Morgan fingerprint density at radius 1 is 1.82 bits per heavy atom. The number of hydrogen-bond donors (Lipinski definition) is 1. The van der Waals surface area contributed by atoms with Gasteiger partial charge in [-0.15, -0.1) is 0 Å². The van der Waals surface area contributed by atoms with Crippen molar-refractivity contribution in [2.24, 2.45) is 0 Å². The van der Waals surface area contributed by atoms with Crippen LogP contribution < -0.4 is 0 Å². The molecule has 2 heteroatoms. The van der Waals surface area contributed by atoms with Crippen molar-refractivity contribution in [3.05, 3.63) is 11.6 Å². The molecule has 0 radical (unpaired) electrons. The Morgan fingerprint density at radius 2 is 2.55 bits per heavy atom. The minimum Gasteiger partial charge on any atom is -0.390 e. The van der Waals surface area contributed by atoms with Crippen molar-refractivity contribution in [1.29, 1.82) is 0 Å². The zero-order valence-electron chi connectivity index (χ0n) is 7.00. The molecule has 2 nitrogen and oxygen atoms in total. The van der Waals surface area contributed by atoms with Crippen LogP contribution in [0, 0.1) is 0 Å². The van der Waals surface area contributed by atoms with Crippen molar-refractivity contribution in [3.8, 4) is 0 Å². The SMILES string of the molecule is CC1=CCC2(C(C)O)OC2C1. The molecular weight excluding hydrogens is 140 g/mol. The fourth-order valence-electron chi connectivity index (χ4n) is 1.87. The van der Waals surface area contributed by atoms with Crippen LogP contribution in [0.4, 0.5) is 0 Å². The second-order valence-corrected chi connectivity index (χ2v) is 3.70. The first kappa shape index (κ1) is 7.32. The normalized spacial score (nSPS) is 44.3. The molecule has 0 aromatic rings. The zero-order valence-corrected chi connectivity index (χ0v) is 7.00. The van der Waals surface area contributed by atoms with E-state index in [1.807, 2.05) is 6.92 Å². The van der Waals surface area contributed by atoms with Crippen molar-refractivity contribution < 1.29 is 9.84 Å².